The molecule has 3 nitrogen and oxygen atoms in total. The van der Waals surface area contributed by atoms with E-state index in [2.05, 4.69) is 29.8 Å². The lowest BCUT2D eigenvalue weighted by Gasteiger charge is -2.36. The van der Waals surface area contributed by atoms with E-state index >= 15 is 0 Å². The third-order valence-electron chi connectivity index (χ3n) is 3.54. The lowest BCUT2D eigenvalue weighted by molar-refractivity contribution is 0.323. The van der Waals surface area contributed by atoms with Crippen LogP contribution in [-0.4, -0.2) is 18.1 Å². The van der Waals surface area contributed by atoms with Crippen LogP contribution in [0.1, 0.15) is 39.7 Å². The highest BCUT2D eigenvalue weighted by molar-refractivity contribution is 5.42. The number of piperidine rings is 1. The van der Waals surface area contributed by atoms with Gasteiger partial charge >= 0.3 is 0 Å². The summed E-state index contributed by atoms with van der Waals surface area (Å²) < 4.78 is 0. The van der Waals surface area contributed by atoms with Crippen molar-refractivity contribution in [2.24, 2.45) is 11.8 Å². The van der Waals surface area contributed by atoms with E-state index < -0.39 is 0 Å². The zero-order valence-electron chi connectivity index (χ0n) is 11.8. The molecular formula is C15H23N3. The van der Waals surface area contributed by atoms with E-state index in [9.17, 15) is 0 Å². The van der Waals surface area contributed by atoms with Crippen LogP contribution in [0.4, 0.5) is 5.82 Å². The van der Waals surface area contributed by atoms with Gasteiger partial charge in [-0.15, -0.1) is 0 Å². The van der Waals surface area contributed by atoms with Crippen molar-refractivity contribution in [3.63, 3.8) is 0 Å². The maximum absolute atomic E-state index is 8.71. The molecule has 1 saturated heterocycles. The van der Waals surface area contributed by atoms with Gasteiger partial charge in [0.25, 0.3) is 0 Å². The molecule has 1 aliphatic heterocycles. The average Bonchev–Trinajstić information content (AvgIpc) is 2.44. The van der Waals surface area contributed by atoms with Crippen LogP contribution in [0.3, 0.4) is 0 Å². The van der Waals surface area contributed by atoms with Crippen LogP contribution < -0.4 is 4.90 Å². The second kappa shape index (κ2) is 7.00. The summed E-state index contributed by atoms with van der Waals surface area (Å²) in [4.78, 5) is 6.65. The molecule has 1 aromatic rings. The summed E-state index contributed by atoms with van der Waals surface area (Å²) in [5.41, 5.74) is 0.627. The van der Waals surface area contributed by atoms with Crippen LogP contribution in [-0.2, 0) is 0 Å². The lowest BCUT2D eigenvalue weighted by Crippen LogP contribution is -2.38. The Morgan fingerprint density at radius 3 is 2.50 bits per heavy atom. The van der Waals surface area contributed by atoms with Gasteiger partial charge in [-0.1, -0.05) is 27.7 Å². The first-order chi connectivity index (χ1) is 8.70. The monoisotopic (exact) mass is 245 g/mol. The van der Waals surface area contributed by atoms with Gasteiger partial charge in [0.15, 0.2) is 0 Å². The summed E-state index contributed by atoms with van der Waals surface area (Å²) in [5.74, 6) is 2.51. The van der Waals surface area contributed by atoms with Crippen LogP contribution in [0, 0.1) is 23.2 Å². The Morgan fingerprint density at radius 1 is 1.28 bits per heavy atom. The van der Waals surface area contributed by atoms with E-state index in [0.29, 0.717) is 11.5 Å². The molecule has 0 amide bonds. The van der Waals surface area contributed by atoms with Gasteiger partial charge in [-0.05, 0) is 30.4 Å². The summed E-state index contributed by atoms with van der Waals surface area (Å²) in [6.07, 6.45) is 2.88. The summed E-state index contributed by atoms with van der Waals surface area (Å²) in [6.45, 7) is 10.7. The molecule has 2 rings (SSSR count). The van der Waals surface area contributed by atoms with Crippen molar-refractivity contribution in [2.45, 2.75) is 34.1 Å². The first-order valence-corrected chi connectivity index (χ1v) is 6.82. The molecule has 2 unspecified atom stereocenters. The molecule has 1 fully saturated rings. The molecule has 0 aliphatic carbocycles. The van der Waals surface area contributed by atoms with Crippen molar-refractivity contribution >= 4 is 5.82 Å². The molecule has 18 heavy (non-hydrogen) atoms. The zero-order valence-corrected chi connectivity index (χ0v) is 11.8. The lowest BCUT2D eigenvalue weighted by atomic mass is 9.89. The molecule has 3 heteroatoms. The van der Waals surface area contributed by atoms with Crippen LogP contribution >= 0.6 is 0 Å². The molecule has 2 atom stereocenters. The predicted molar refractivity (Wildman–Crippen MR) is 75.5 cm³/mol. The maximum Gasteiger partial charge on any atom is 0.128 e. The largest absolute Gasteiger partial charge is 0.356 e. The summed E-state index contributed by atoms with van der Waals surface area (Å²) in [5, 5.41) is 8.71. The maximum atomic E-state index is 8.71. The van der Waals surface area contributed by atoms with Gasteiger partial charge in [0.2, 0.25) is 0 Å². The minimum atomic E-state index is 0.627. The second-order valence-electron chi connectivity index (χ2n) is 4.71. The van der Waals surface area contributed by atoms with Crippen LogP contribution in [0.2, 0.25) is 0 Å². The van der Waals surface area contributed by atoms with Gasteiger partial charge in [0, 0.05) is 19.3 Å². The summed E-state index contributed by atoms with van der Waals surface area (Å²) in [7, 11) is 0. The van der Waals surface area contributed by atoms with E-state index in [0.717, 1.165) is 24.8 Å². The Balaban J connectivity index is 0.000000771. The summed E-state index contributed by atoms with van der Waals surface area (Å²) in [6, 6.07) is 5.88. The third-order valence-corrected chi connectivity index (χ3v) is 3.54. The molecule has 1 aliphatic rings. The van der Waals surface area contributed by atoms with E-state index in [1.807, 2.05) is 26.0 Å². The van der Waals surface area contributed by atoms with Crippen molar-refractivity contribution in [3.8, 4) is 6.07 Å². The van der Waals surface area contributed by atoms with Gasteiger partial charge in [-0.2, -0.15) is 5.26 Å². The zero-order chi connectivity index (χ0) is 13.5. The van der Waals surface area contributed by atoms with Crippen molar-refractivity contribution in [2.75, 3.05) is 18.0 Å². The number of anilines is 1. The Bertz CT molecular complexity index is 391. The fourth-order valence-corrected chi connectivity index (χ4v) is 2.11. The van der Waals surface area contributed by atoms with E-state index in [1.165, 1.54) is 6.42 Å². The first-order valence-electron chi connectivity index (χ1n) is 6.82. The van der Waals surface area contributed by atoms with Crippen LogP contribution in [0.5, 0.6) is 0 Å². The molecule has 0 radical (unpaired) electrons. The first kappa shape index (κ1) is 14.5. The average molecular weight is 245 g/mol. The SMILES string of the molecule is CC.CC1CCN(c2ccc(C#N)cn2)CC1C. The Labute approximate surface area is 110 Å². The number of pyridine rings is 1. The Morgan fingerprint density at radius 2 is 2.00 bits per heavy atom. The molecule has 1 aromatic heterocycles. The van der Waals surface area contributed by atoms with E-state index in [1.54, 1.807) is 6.20 Å². The summed E-state index contributed by atoms with van der Waals surface area (Å²) >= 11 is 0. The highest BCUT2D eigenvalue weighted by Gasteiger charge is 2.23. The predicted octanol–water partition coefficient (Wildman–Crippen LogP) is 3.46. The number of hydrogen-bond acceptors (Lipinski definition) is 3. The van der Waals surface area contributed by atoms with Crippen molar-refractivity contribution in [1.82, 2.24) is 4.98 Å². The van der Waals surface area contributed by atoms with Crippen LogP contribution in [0.15, 0.2) is 18.3 Å². The minimum Gasteiger partial charge on any atom is -0.356 e. The number of rotatable bonds is 1. The topological polar surface area (TPSA) is 39.9 Å². The molecule has 0 spiro atoms. The molecule has 0 N–H and O–H groups in total. The van der Waals surface area contributed by atoms with Crippen LogP contribution in [0.25, 0.3) is 0 Å². The number of nitriles is 1. The second-order valence-corrected chi connectivity index (χ2v) is 4.71. The van der Waals surface area contributed by atoms with Gasteiger partial charge in [0.05, 0.1) is 5.56 Å². The van der Waals surface area contributed by atoms with Gasteiger partial charge < -0.3 is 4.90 Å². The Kier molecular flexibility index (Phi) is 5.64. The molecule has 98 valence electrons. The molecule has 0 bridgehead atoms. The standard InChI is InChI=1S/C13H17N3.C2H6/c1-10-5-6-16(9-11(10)2)13-4-3-12(7-14)8-15-13;1-2/h3-4,8,10-11H,5-6,9H2,1-2H3;1-2H3. The third kappa shape index (κ3) is 3.46. The molecule has 0 saturated carbocycles. The van der Waals surface area contributed by atoms with Gasteiger partial charge in [-0.3, -0.25) is 0 Å². The highest BCUT2D eigenvalue weighted by atomic mass is 15.2. The van der Waals surface area contributed by atoms with Crippen molar-refractivity contribution in [1.29, 1.82) is 5.26 Å². The quantitative estimate of drug-likeness (QED) is 0.760. The number of nitrogens with zero attached hydrogens (tertiary/aromatic N) is 3. The Hall–Kier alpha value is -1.56. The molecule has 2 heterocycles. The number of aromatic nitrogens is 1. The van der Waals surface area contributed by atoms with E-state index in [-0.39, 0.29) is 0 Å². The van der Waals surface area contributed by atoms with Crippen molar-refractivity contribution in [3.05, 3.63) is 23.9 Å². The minimum absolute atomic E-state index is 0.627. The van der Waals surface area contributed by atoms with Crippen molar-refractivity contribution < 1.29 is 0 Å². The van der Waals surface area contributed by atoms with Gasteiger partial charge in [0.1, 0.15) is 11.9 Å². The smallest absolute Gasteiger partial charge is 0.128 e. The number of hydrogen-bond donors (Lipinski definition) is 0. The highest BCUT2D eigenvalue weighted by Crippen LogP contribution is 2.25. The normalized spacial score (nSPS) is 22.7. The fourth-order valence-electron chi connectivity index (χ4n) is 2.11. The fraction of sp³-hybridized carbons (Fsp3) is 0.600. The van der Waals surface area contributed by atoms with Gasteiger partial charge in [-0.25, -0.2) is 4.98 Å². The molecular weight excluding hydrogens is 222 g/mol. The van der Waals surface area contributed by atoms with E-state index in [4.69, 9.17) is 5.26 Å². The molecule has 0 aromatic carbocycles.